The van der Waals surface area contributed by atoms with Crippen LogP contribution in [0, 0.1) is 0 Å². The lowest BCUT2D eigenvalue weighted by atomic mass is 10.1. The fourth-order valence-corrected chi connectivity index (χ4v) is 3.17. The topological polar surface area (TPSA) is 97.8 Å². The summed E-state index contributed by atoms with van der Waals surface area (Å²) in [6, 6.07) is 16.2. The van der Waals surface area contributed by atoms with Crippen LogP contribution in [0.2, 0.25) is 0 Å². The Kier molecular flexibility index (Phi) is 6.74. The predicted molar refractivity (Wildman–Crippen MR) is 118 cm³/mol. The molecular weight excluding hydrogens is 396 g/mol. The number of hydrogen-bond donors (Lipinski definition) is 2. The number of ether oxygens (including phenoxy) is 2. The maximum atomic E-state index is 12.3. The standard InChI is InChI=1S/C24H26N2O5/c1-24(2,3)31-23(29)26-17(13-16-9-5-4-6-10-16)15-30-20-14-25-19-12-8-7-11-18(19)21(20)22(27)28/h4-12,14,17H,13,15H2,1-3H3,(H,26,29)(H,27,28). The van der Waals surface area contributed by atoms with Crippen LogP contribution in [0.1, 0.15) is 36.7 Å². The predicted octanol–water partition coefficient (Wildman–Crippen LogP) is 4.45. The van der Waals surface area contributed by atoms with Gasteiger partial charge in [0, 0.05) is 5.39 Å². The van der Waals surface area contributed by atoms with Crippen molar-refractivity contribution in [3.8, 4) is 5.75 Å². The summed E-state index contributed by atoms with van der Waals surface area (Å²) in [7, 11) is 0. The summed E-state index contributed by atoms with van der Waals surface area (Å²) in [5, 5.41) is 13.1. The highest BCUT2D eigenvalue weighted by atomic mass is 16.6. The number of carboxylic acids is 1. The van der Waals surface area contributed by atoms with E-state index in [1.165, 1.54) is 6.20 Å². The molecule has 1 amide bonds. The number of aromatic carboxylic acids is 1. The van der Waals surface area contributed by atoms with Crippen LogP contribution >= 0.6 is 0 Å². The molecule has 0 aliphatic heterocycles. The molecule has 0 saturated carbocycles. The van der Waals surface area contributed by atoms with Crippen molar-refractivity contribution >= 4 is 23.0 Å². The monoisotopic (exact) mass is 422 g/mol. The van der Waals surface area contributed by atoms with Gasteiger partial charge in [-0.2, -0.15) is 0 Å². The average molecular weight is 422 g/mol. The molecular formula is C24H26N2O5. The van der Waals surface area contributed by atoms with E-state index in [0.29, 0.717) is 17.3 Å². The smallest absolute Gasteiger partial charge is 0.408 e. The highest BCUT2D eigenvalue weighted by Crippen LogP contribution is 2.26. The zero-order valence-electron chi connectivity index (χ0n) is 17.8. The van der Waals surface area contributed by atoms with Crippen molar-refractivity contribution in [1.29, 1.82) is 0 Å². The summed E-state index contributed by atoms with van der Waals surface area (Å²) in [6.07, 6.45) is 1.33. The zero-order valence-corrected chi connectivity index (χ0v) is 17.8. The van der Waals surface area contributed by atoms with Gasteiger partial charge in [0.15, 0.2) is 5.75 Å². The molecule has 0 bridgehead atoms. The van der Waals surface area contributed by atoms with Crippen molar-refractivity contribution in [2.75, 3.05) is 6.61 Å². The van der Waals surface area contributed by atoms with Gasteiger partial charge in [0.05, 0.1) is 17.8 Å². The molecule has 1 heterocycles. The first-order chi connectivity index (χ1) is 14.7. The fraction of sp³-hybridized carbons (Fsp3) is 0.292. The van der Waals surface area contributed by atoms with Gasteiger partial charge in [-0.15, -0.1) is 0 Å². The van der Waals surface area contributed by atoms with Crippen molar-refractivity contribution in [3.63, 3.8) is 0 Å². The molecule has 2 N–H and O–H groups in total. The third-order valence-electron chi connectivity index (χ3n) is 4.44. The first kappa shape index (κ1) is 22.1. The van der Waals surface area contributed by atoms with Gasteiger partial charge in [-0.3, -0.25) is 4.98 Å². The van der Waals surface area contributed by atoms with E-state index in [1.54, 1.807) is 45.0 Å². The zero-order chi connectivity index (χ0) is 22.4. The lowest BCUT2D eigenvalue weighted by Crippen LogP contribution is -2.43. The number of carboxylic acid groups (broad SMARTS) is 1. The van der Waals surface area contributed by atoms with Crippen molar-refractivity contribution in [2.45, 2.75) is 38.8 Å². The van der Waals surface area contributed by atoms with Gasteiger partial charge >= 0.3 is 12.1 Å². The molecule has 7 nitrogen and oxygen atoms in total. The SMILES string of the molecule is CC(C)(C)OC(=O)NC(COc1cnc2ccccc2c1C(=O)O)Cc1ccccc1. The fourth-order valence-electron chi connectivity index (χ4n) is 3.17. The third kappa shape index (κ3) is 6.18. The van der Waals surface area contributed by atoms with E-state index in [2.05, 4.69) is 10.3 Å². The molecule has 1 unspecified atom stereocenters. The van der Waals surface area contributed by atoms with Gasteiger partial charge in [-0.25, -0.2) is 9.59 Å². The summed E-state index contributed by atoms with van der Waals surface area (Å²) in [6.45, 7) is 5.41. The van der Waals surface area contributed by atoms with Crippen LogP contribution in [-0.4, -0.2) is 40.4 Å². The Morgan fingerprint density at radius 3 is 2.42 bits per heavy atom. The molecule has 0 saturated heterocycles. The minimum Gasteiger partial charge on any atom is -0.489 e. The maximum Gasteiger partial charge on any atom is 0.408 e. The Balaban J connectivity index is 1.81. The van der Waals surface area contributed by atoms with Gasteiger partial charge < -0.3 is 19.9 Å². The Bertz CT molecular complexity index is 1060. The summed E-state index contributed by atoms with van der Waals surface area (Å²) >= 11 is 0. The molecule has 2 aromatic carbocycles. The van der Waals surface area contributed by atoms with E-state index >= 15 is 0 Å². The molecule has 162 valence electrons. The number of nitrogens with one attached hydrogen (secondary N) is 1. The number of alkyl carbamates (subject to hydrolysis) is 1. The van der Waals surface area contributed by atoms with E-state index in [-0.39, 0.29) is 17.9 Å². The Morgan fingerprint density at radius 1 is 1.06 bits per heavy atom. The van der Waals surface area contributed by atoms with E-state index < -0.39 is 23.7 Å². The van der Waals surface area contributed by atoms with Gasteiger partial charge in [0.1, 0.15) is 17.8 Å². The van der Waals surface area contributed by atoms with Crippen LogP contribution < -0.4 is 10.1 Å². The molecule has 0 radical (unpaired) electrons. The summed E-state index contributed by atoms with van der Waals surface area (Å²) in [5.41, 5.74) is 0.976. The number of amides is 1. The van der Waals surface area contributed by atoms with E-state index in [1.807, 2.05) is 30.3 Å². The van der Waals surface area contributed by atoms with Crippen LogP contribution in [0.25, 0.3) is 10.9 Å². The summed E-state index contributed by atoms with van der Waals surface area (Å²) in [5.74, 6) is -0.955. The quantitative estimate of drug-likeness (QED) is 0.584. The number of hydrogen-bond acceptors (Lipinski definition) is 5. The van der Waals surface area contributed by atoms with Crippen LogP contribution in [0.4, 0.5) is 4.79 Å². The lowest BCUT2D eigenvalue weighted by Gasteiger charge is -2.24. The number of carbonyl (C=O) groups excluding carboxylic acids is 1. The van der Waals surface area contributed by atoms with E-state index in [9.17, 15) is 14.7 Å². The number of aromatic nitrogens is 1. The molecule has 0 aliphatic carbocycles. The van der Waals surface area contributed by atoms with Crippen LogP contribution in [0.3, 0.4) is 0 Å². The van der Waals surface area contributed by atoms with Crippen LogP contribution in [0.15, 0.2) is 60.8 Å². The average Bonchev–Trinajstić information content (AvgIpc) is 2.70. The molecule has 7 heteroatoms. The molecule has 31 heavy (non-hydrogen) atoms. The van der Waals surface area contributed by atoms with E-state index in [0.717, 1.165) is 5.56 Å². The molecule has 3 rings (SSSR count). The summed E-state index contributed by atoms with van der Waals surface area (Å²) < 4.78 is 11.2. The largest absolute Gasteiger partial charge is 0.489 e. The lowest BCUT2D eigenvalue weighted by molar-refractivity contribution is 0.0485. The second kappa shape index (κ2) is 9.47. The Morgan fingerprint density at radius 2 is 1.74 bits per heavy atom. The number of nitrogens with zero attached hydrogens (tertiary/aromatic N) is 1. The Labute approximate surface area is 181 Å². The second-order valence-electron chi connectivity index (χ2n) is 8.16. The van der Waals surface area contributed by atoms with E-state index in [4.69, 9.17) is 9.47 Å². The van der Waals surface area contributed by atoms with Gasteiger partial charge in [0.2, 0.25) is 0 Å². The van der Waals surface area contributed by atoms with Crippen molar-refractivity contribution in [3.05, 3.63) is 71.9 Å². The Hall–Kier alpha value is -3.61. The second-order valence-corrected chi connectivity index (χ2v) is 8.16. The van der Waals surface area contributed by atoms with Crippen LogP contribution in [-0.2, 0) is 11.2 Å². The molecule has 0 spiro atoms. The van der Waals surface area contributed by atoms with Crippen molar-refractivity contribution in [2.24, 2.45) is 0 Å². The van der Waals surface area contributed by atoms with Gasteiger partial charge in [0.25, 0.3) is 0 Å². The van der Waals surface area contributed by atoms with Crippen molar-refractivity contribution in [1.82, 2.24) is 10.3 Å². The highest BCUT2D eigenvalue weighted by molar-refractivity contribution is 6.04. The molecule has 3 aromatic rings. The first-order valence-electron chi connectivity index (χ1n) is 10.0. The highest BCUT2D eigenvalue weighted by Gasteiger charge is 2.22. The number of carbonyl (C=O) groups is 2. The molecule has 0 fully saturated rings. The number of para-hydroxylation sites is 1. The van der Waals surface area contributed by atoms with Crippen LogP contribution in [0.5, 0.6) is 5.75 Å². The molecule has 0 aliphatic rings. The van der Waals surface area contributed by atoms with Crippen molar-refractivity contribution < 1.29 is 24.2 Å². The van der Waals surface area contributed by atoms with Gasteiger partial charge in [-0.1, -0.05) is 48.5 Å². The number of fused-ring (bicyclic) bond motifs is 1. The number of benzene rings is 2. The minimum absolute atomic E-state index is 0.0429. The normalized spacial score (nSPS) is 12.2. The minimum atomic E-state index is -1.10. The molecule has 1 aromatic heterocycles. The first-order valence-corrected chi connectivity index (χ1v) is 10.0. The third-order valence-corrected chi connectivity index (χ3v) is 4.44. The van der Waals surface area contributed by atoms with Gasteiger partial charge in [-0.05, 0) is 38.8 Å². The number of pyridine rings is 1. The molecule has 1 atom stereocenters. The number of rotatable bonds is 7. The summed E-state index contributed by atoms with van der Waals surface area (Å²) in [4.78, 5) is 28.5. The maximum absolute atomic E-state index is 12.3.